The normalized spacial score (nSPS) is 14.4. The highest BCUT2D eigenvalue weighted by molar-refractivity contribution is 7.98. The van der Waals surface area contributed by atoms with E-state index in [-0.39, 0.29) is 5.69 Å². The van der Waals surface area contributed by atoms with Crippen LogP contribution in [-0.2, 0) is 10.5 Å². The zero-order valence-electron chi connectivity index (χ0n) is 15.6. The van der Waals surface area contributed by atoms with Crippen molar-refractivity contribution in [1.82, 2.24) is 25.2 Å². The Morgan fingerprint density at radius 3 is 2.86 bits per heavy atom. The van der Waals surface area contributed by atoms with E-state index in [0.717, 1.165) is 40.7 Å². The third kappa shape index (κ3) is 4.30. The fourth-order valence-electron chi connectivity index (χ4n) is 3.33. The minimum Gasteiger partial charge on any atom is -0.274 e. The number of carbonyl (C=O) groups excluding carboxylic acids is 1. The number of benzene rings is 1. The lowest BCUT2D eigenvalue weighted by atomic mass is 10.2. The van der Waals surface area contributed by atoms with Crippen LogP contribution in [0.2, 0.25) is 0 Å². The number of anilines is 2. The third-order valence-corrected chi connectivity index (χ3v) is 6.52. The van der Waals surface area contributed by atoms with Gasteiger partial charge >= 0.3 is 0 Å². The fraction of sp³-hybridized carbons (Fsp3) is 0.389. The Hall–Kier alpha value is -2.40. The van der Waals surface area contributed by atoms with Crippen molar-refractivity contribution in [1.29, 1.82) is 0 Å². The molecule has 3 aromatic rings. The van der Waals surface area contributed by atoms with E-state index in [2.05, 4.69) is 20.5 Å². The first-order valence-corrected chi connectivity index (χ1v) is 11.0. The van der Waals surface area contributed by atoms with Crippen molar-refractivity contribution in [3.05, 3.63) is 40.9 Å². The van der Waals surface area contributed by atoms with Crippen LogP contribution < -0.4 is 4.90 Å². The van der Waals surface area contributed by atoms with Gasteiger partial charge in [0.1, 0.15) is 11.6 Å². The number of amides is 1. The molecule has 2 heterocycles. The predicted octanol–water partition coefficient (Wildman–Crippen LogP) is 4.50. The van der Waals surface area contributed by atoms with E-state index in [1.807, 2.05) is 10.1 Å². The second-order valence-electron chi connectivity index (χ2n) is 6.70. The molecule has 1 aliphatic rings. The van der Waals surface area contributed by atoms with Crippen molar-refractivity contribution in [3.63, 3.8) is 0 Å². The summed E-state index contributed by atoms with van der Waals surface area (Å²) < 4.78 is 29.3. The van der Waals surface area contributed by atoms with E-state index < -0.39 is 17.5 Å². The van der Waals surface area contributed by atoms with Gasteiger partial charge < -0.3 is 0 Å². The number of halogens is 2. The van der Waals surface area contributed by atoms with Crippen LogP contribution in [0.15, 0.2) is 28.7 Å². The predicted molar refractivity (Wildman–Crippen MR) is 106 cm³/mol. The molecule has 0 saturated heterocycles. The van der Waals surface area contributed by atoms with E-state index in [0.29, 0.717) is 16.9 Å². The quantitative estimate of drug-likeness (QED) is 0.530. The molecule has 0 bridgehead atoms. The lowest BCUT2D eigenvalue weighted by Gasteiger charge is -2.18. The number of tetrazole rings is 1. The topological polar surface area (TPSA) is 76.8 Å². The Labute approximate surface area is 174 Å². The standard InChI is InChI=1S/C18H18F2N6OS2/c1-11(27)25(16-7-6-12(19)8-15(16)20)17-21-13(9-28-17)10-29-18-22-23-24-26(18)14-4-2-3-5-14/h6-9,14H,2-5,10H2,1H3. The van der Waals surface area contributed by atoms with Crippen molar-refractivity contribution in [3.8, 4) is 0 Å². The van der Waals surface area contributed by atoms with Gasteiger partial charge in [0, 0.05) is 24.1 Å². The Bertz CT molecular complexity index is 1020. The Morgan fingerprint density at radius 2 is 2.14 bits per heavy atom. The average Bonchev–Trinajstić information content (AvgIpc) is 3.43. The number of nitrogens with zero attached hydrogens (tertiary/aromatic N) is 6. The third-order valence-electron chi connectivity index (χ3n) is 4.68. The molecule has 0 atom stereocenters. The molecule has 7 nitrogen and oxygen atoms in total. The minimum absolute atomic E-state index is 0.0300. The fourth-order valence-corrected chi connectivity index (χ4v) is 5.15. The minimum atomic E-state index is -0.818. The Balaban J connectivity index is 1.50. The van der Waals surface area contributed by atoms with Crippen LogP contribution in [0, 0.1) is 11.6 Å². The molecule has 0 aliphatic heterocycles. The van der Waals surface area contributed by atoms with Crippen LogP contribution in [0.3, 0.4) is 0 Å². The first kappa shape index (κ1) is 19.9. The van der Waals surface area contributed by atoms with Crippen LogP contribution >= 0.6 is 23.1 Å². The van der Waals surface area contributed by atoms with Crippen LogP contribution in [-0.4, -0.2) is 31.1 Å². The number of thioether (sulfide) groups is 1. The average molecular weight is 437 g/mol. The molecule has 0 unspecified atom stereocenters. The van der Waals surface area contributed by atoms with Crippen LogP contribution in [0.25, 0.3) is 0 Å². The van der Waals surface area contributed by atoms with E-state index >= 15 is 0 Å². The molecule has 1 aromatic carbocycles. The van der Waals surface area contributed by atoms with E-state index in [4.69, 9.17) is 0 Å². The number of carbonyl (C=O) groups is 1. The zero-order chi connectivity index (χ0) is 20.4. The molecule has 0 N–H and O–H groups in total. The van der Waals surface area contributed by atoms with Gasteiger partial charge in [0.2, 0.25) is 11.1 Å². The number of hydrogen-bond acceptors (Lipinski definition) is 7. The van der Waals surface area contributed by atoms with Gasteiger partial charge in [-0.2, -0.15) is 0 Å². The summed E-state index contributed by atoms with van der Waals surface area (Å²) in [5.41, 5.74) is 0.697. The summed E-state index contributed by atoms with van der Waals surface area (Å²) in [5, 5.41) is 14.9. The van der Waals surface area contributed by atoms with Crippen molar-refractivity contribution in [2.75, 3.05) is 4.90 Å². The maximum absolute atomic E-state index is 14.2. The van der Waals surface area contributed by atoms with Gasteiger partial charge in [0.15, 0.2) is 5.13 Å². The van der Waals surface area contributed by atoms with Crippen molar-refractivity contribution >= 4 is 39.8 Å². The van der Waals surface area contributed by atoms with Gasteiger partial charge in [0.25, 0.3) is 0 Å². The molecule has 152 valence electrons. The highest BCUT2D eigenvalue weighted by Crippen LogP contribution is 2.34. The van der Waals surface area contributed by atoms with Gasteiger partial charge in [-0.15, -0.1) is 16.4 Å². The molecular formula is C18H18F2N6OS2. The van der Waals surface area contributed by atoms with Gasteiger partial charge in [-0.1, -0.05) is 24.6 Å². The summed E-state index contributed by atoms with van der Waals surface area (Å²) in [6.07, 6.45) is 4.53. The number of hydrogen-bond donors (Lipinski definition) is 0. The molecule has 11 heteroatoms. The highest BCUT2D eigenvalue weighted by Gasteiger charge is 2.23. The van der Waals surface area contributed by atoms with Gasteiger partial charge in [-0.05, 0) is 35.4 Å². The van der Waals surface area contributed by atoms with Crippen LogP contribution in [0.5, 0.6) is 0 Å². The number of rotatable bonds is 6. The summed E-state index contributed by atoms with van der Waals surface area (Å²) in [6, 6.07) is 3.44. The number of thiazole rings is 1. The van der Waals surface area contributed by atoms with Crippen LogP contribution in [0.4, 0.5) is 19.6 Å². The first-order valence-electron chi connectivity index (χ1n) is 9.13. The molecule has 1 amide bonds. The highest BCUT2D eigenvalue weighted by atomic mass is 32.2. The second-order valence-corrected chi connectivity index (χ2v) is 8.48. The number of aromatic nitrogens is 5. The van der Waals surface area contributed by atoms with Gasteiger partial charge in [0.05, 0.1) is 17.4 Å². The first-order chi connectivity index (χ1) is 14.0. The SMILES string of the molecule is CC(=O)N(c1nc(CSc2nnnn2C2CCCC2)cs1)c1ccc(F)cc1F. The molecule has 0 spiro atoms. The largest absolute Gasteiger partial charge is 0.274 e. The van der Waals surface area contributed by atoms with Gasteiger partial charge in [-0.3, -0.25) is 9.69 Å². The monoisotopic (exact) mass is 436 g/mol. The van der Waals surface area contributed by atoms with Crippen molar-refractivity contribution in [2.45, 2.75) is 49.6 Å². The molecule has 2 aromatic heterocycles. The molecule has 1 aliphatic carbocycles. The zero-order valence-corrected chi connectivity index (χ0v) is 17.2. The molecule has 29 heavy (non-hydrogen) atoms. The molecule has 0 radical (unpaired) electrons. The summed E-state index contributed by atoms with van der Waals surface area (Å²) in [4.78, 5) is 17.7. The maximum Gasteiger partial charge on any atom is 0.230 e. The Kier molecular flexibility index (Phi) is 5.86. The van der Waals surface area contributed by atoms with Crippen molar-refractivity contribution < 1.29 is 13.6 Å². The second kappa shape index (κ2) is 8.54. The summed E-state index contributed by atoms with van der Waals surface area (Å²) in [5.74, 6) is -1.41. The maximum atomic E-state index is 14.2. The van der Waals surface area contributed by atoms with Crippen molar-refractivity contribution in [2.24, 2.45) is 0 Å². The van der Waals surface area contributed by atoms with E-state index in [1.165, 1.54) is 48.9 Å². The molecule has 4 rings (SSSR count). The summed E-state index contributed by atoms with van der Waals surface area (Å²) in [6.45, 7) is 1.31. The molecular weight excluding hydrogens is 418 g/mol. The van der Waals surface area contributed by atoms with Crippen LogP contribution in [0.1, 0.15) is 44.3 Å². The summed E-state index contributed by atoms with van der Waals surface area (Å²) >= 11 is 2.69. The summed E-state index contributed by atoms with van der Waals surface area (Å²) in [7, 11) is 0. The molecule has 1 fully saturated rings. The van der Waals surface area contributed by atoms with Gasteiger partial charge in [-0.25, -0.2) is 18.4 Å². The van der Waals surface area contributed by atoms with E-state index in [9.17, 15) is 13.6 Å². The van der Waals surface area contributed by atoms with E-state index in [1.54, 1.807) is 0 Å². The lowest BCUT2D eigenvalue weighted by Crippen LogP contribution is -2.23. The smallest absolute Gasteiger partial charge is 0.230 e. The molecule has 1 saturated carbocycles. The lowest BCUT2D eigenvalue weighted by molar-refractivity contribution is -0.115. The Morgan fingerprint density at radius 1 is 1.34 bits per heavy atom.